The van der Waals surface area contributed by atoms with Crippen LogP contribution < -0.4 is 0 Å². The molecule has 0 radical (unpaired) electrons. The van der Waals surface area contributed by atoms with Crippen LogP contribution in [0.5, 0.6) is 0 Å². The molecule has 0 aliphatic carbocycles. The predicted molar refractivity (Wildman–Crippen MR) is 59.8 cm³/mol. The fourth-order valence-electron chi connectivity index (χ4n) is 0.517. The molecule has 0 saturated heterocycles. The van der Waals surface area contributed by atoms with Crippen LogP contribution in [-0.2, 0) is 9.47 Å². The van der Waals surface area contributed by atoms with Gasteiger partial charge in [0, 0.05) is 13.7 Å². The Morgan fingerprint density at radius 1 is 1.27 bits per heavy atom. The van der Waals surface area contributed by atoms with Crippen LogP contribution in [0.1, 0.15) is 6.42 Å². The van der Waals surface area contributed by atoms with Crippen LogP contribution in [0.3, 0.4) is 0 Å². The number of rotatable bonds is 6. The zero-order chi connectivity index (χ0) is 8.74. The first-order valence-electron chi connectivity index (χ1n) is 3.19. The quantitative estimate of drug-likeness (QED) is 0.309. The molecule has 0 amide bonds. The SMILES string of the molecule is COCOCCC[Si](Br)(Br)Br. The van der Waals surface area contributed by atoms with Crippen LogP contribution in [-0.4, -0.2) is 24.4 Å². The zero-order valence-electron chi connectivity index (χ0n) is 6.28. The van der Waals surface area contributed by atoms with E-state index in [0.29, 0.717) is 6.79 Å². The molecule has 6 heteroatoms. The van der Waals surface area contributed by atoms with Crippen molar-refractivity contribution in [2.75, 3.05) is 20.5 Å². The van der Waals surface area contributed by atoms with Crippen molar-refractivity contribution >= 4 is 49.8 Å². The maximum atomic E-state index is 5.12. The van der Waals surface area contributed by atoms with Gasteiger partial charge in [-0.25, -0.2) is 0 Å². The highest BCUT2D eigenvalue weighted by molar-refractivity contribution is 9.72. The van der Waals surface area contributed by atoms with Gasteiger partial charge in [-0.2, -0.15) is 0 Å². The van der Waals surface area contributed by atoms with Gasteiger partial charge in [-0.3, -0.25) is 0 Å². The first-order chi connectivity index (χ1) is 5.06. The monoisotopic (exact) mass is 368 g/mol. The lowest BCUT2D eigenvalue weighted by molar-refractivity contribution is -0.0300. The van der Waals surface area contributed by atoms with E-state index in [1.165, 1.54) is 0 Å². The van der Waals surface area contributed by atoms with E-state index in [-0.39, 0.29) is 0 Å². The molecule has 0 heterocycles. The lowest BCUT2D eigenvalue weighted by atomic mass is 10.5. The molecule has 2 nitrogen and oxygen atoms in total. The summed E-state index contributed by atoms with van der Waals surface area (Å²) in [6, 6.07) is 1.09. The van der Waals surface area contributed by atoms with E-state index in [4.69, 9.17) is 9.47 Å². The van der Waals surface area contributed by atoms with Gasteiger partial charge in [0.1, 0.15) is 6.79 Å². The van der Waals surface area contributed by atoms with Crippen LogP contribution in [0, 0.1) is 0 Å². The van der Waals surface area contributed by atoms with Gasteiger partial charge in [0.25, 0.3) is 3.93 Å². The van der Waals surface area contributed by atoms with Gasteiger partial charge in [0.15, 0.2) is 0 Å². The topological polar surface area (TPSA) is 18.5 Å². The zero-order valence-corrected chi connectivity index (χ0v) is 12.0. The second-order valence-corrected chi connectivity index (χ2v) is 25.5. The van der Waals surface area contributed by atoms with Gasteiger partial charge in [-0.1, -0.05) is 45.9 Å². The molecule has 0 unspecified atom stereocenters. The van der Waals surface area contributed by atoms with Crippen LogP contribution in [0.4, 0.5) is 0 Å². The molecular formula is C5H11Br3O2Si. The largest absolute Gasteiger partial charge is 0.359 e. The molecule has 11 heavy (non-hydrogen) atoms. The summed E-state index contributed by atoms with van der Waals surface area (Å²) in [4.78, 5) is 0. The standard InChI is InChI=1S/C5H11Br3O2Si/c1-9-5-10-3-2-4-11(6,7)8/h2-5H2,1H3. The minimum atomic E-state index is -1.40. The summed E-state index contributed by atoms with van der Waals surface area (Å²) in [6.07, 6.45) is 1.04. The van der Waals surface area contributed by atoms with E-state index < -0.39 is 3.93 Å². The highest BCUT2D eigenvalue weighted by Gasteiger charge is 2.20. The second kappa shape index (κ2) is 7.03. The summed E-state index contributed by atoms with van der Waals surface area (Å²) in [5, 5.41) is 0. The molecule has 0 aliphatic heterocycles. The fraction of sp³-hybridized carbons (Fsp3) is 1.00. The number of hydrogen-bond acceptors (Lipinski definition) is 2. The van der Waals surface area contributed by atoms with Gasteiger partial charge in [0.2, 0.25) is 0 Å². The van der Waals surface area contributed by atoms with Gasteiger partial charge in [-0.15, -0.1) is 0 Å². The Kier molecular flexibility index (Phi) is 8.03. The molecule has 0 bridgehead atoms. The van der Waals surface area contributed by atoms with Crippen molar-refractivity contribution in [1.82, 2.24) is 0 Å². The molecule has 0 spiro atoms. The molecule has 0 saturated carbocycles. The number of methoxy groups -OCH3 is 1. The molecule has 0 aromatic carbocycles. The Labute approximate surface area is 91.8 Å². The van der Waals surface area contributed by atoms with E-state index in [1.54, 1.807) is 7.11 Å². The summed E-state index contributed by atoms with van der Waals surface area (Å²) in [5.74, 6) is 0. The lowest BCUT2D eigenvalue weighted by Crippen LogP contribution is -2.08. The van der Waals surface area contributed by atoms with Gasteiger partial charge >= 0.3 is 0 Å². The maximum absolute atomic E-state index is 5.12. The smallest absolute Gasteiger partial charge is 0.267 e. The van der Waals surface area contributed by atoms with E-state index in [0.717, 1.165) is 19.1 Å². The molecule has 0 fully saturated rings. The van der Waals surface area contributed by atoms with Gasteiger partial charge < -0.3 is 9.47 Å². The lowest BCUT2D eigenvalue weighted by Gasteiger charge is -2.08. The van der Waals surface area contributed by atoms with Crippen LogP contribution >= 0.6 is 45.9 Å². The van der Waals surface area contributed by atoms with Crippen LogP contribution in [0.25, 0.3) is 0 Å². The Morgan fingerprint density at radius 2 is 1.91 bits per heavy atom. The van der Waals surface area contributed by atoms with Crippen molar-refractivity contribution in [3.05, 3.63) is 0 Å². The summed E-state index contributed by atoms with van der Waals surface area (Å²) >= 11 is 10.6. The number of halogens is 3. The second-order valence-electron chi connectivity index (χ2n) is 2.03. The third-order valence-corrected chi connectivity index (χ3v) is 5.44. The number of ether oxygens (including phenoxy) is 2. The molecule has 68 valence electrons. The average molecular weight is 371 g/mol. The molecule has 0 atom stereocenters. The molecule has 0 aromatic rings. The van der Waals surface area contributed by atoms with E-state index in [9.17, 15) is 0 Å². The van der Waals surface area contributed by atoms with Crippen molar-refractivity contribution in [3.63, 3.8) is 0 Å². The van der Waals surface area contributed by atoms with Crippen molar-refractivity contribution in [2.24, 2.45) is 0 Å². The highest BCUT2D eigenvalue weighted by atomic mass is 80.0. The molecule has 0 aromatic heterocycles. The average Bonchev–Trinajstić information content (AvgIpc) is 1.85. The Balaban J connectivity index is 3.02. The summed E-state index contributed by atoms with van der Waals surface area (Å²) in [7, 11) is 1.62. The predicted octanol–water partition coefficient (Wildman–Crippen LogP) is 3.12. The van der Waals surface area contributed by atoms with Crippen molar-refractivity contribution in [3.8, 4) is 0 Å². The summed E-state index contributed by atoms with van der Waals surface area (Å²) < 4.78 is 8.44. The Bertz CT molecular complexity index is 96.2. The summed E-state index contributed by atoms with van der Waals surface area (Å²) in [5.41, 5.74) is 0. The minimum absolute atomic E-state index is 0.390. The van der Waals surface area contributed by atoms with Crippen molar-refractivity contribution < 1.29 is 9.47 Å². The van der Waals surface area contributed by atoms with Crippen molar-refractivity contribution in [1.29, 1.82) is 0 Å². The molecule has 0 aliphatic rings. The summed E-state index contributed by atoms with van der Waals surface area (Å²) in [6.45, 7) is 1.15. The highest BCUT2D eigenvalue weighted by Crippen LogP contribution is 2.32. The fourth-order valence-corrected chi connectivity index (χ4v) is 3.59. The molecular weight excluding hydrogens is 360 g/mol. The third-order valence-electron chi connectivity index (χ3n) is 0.950. The molecule has 0 rings (SSSR count). The third kappa shape index (κ3) is 11.6. The van der Waals surface area contributed by atoms with Crippen LogP contribution in [0.2, 0.25) is 6.04 Å². The Morgan fingerprint density at radius 3 is 2.36 bits per heavy atom. The van der Waals surface area contributed by atoms with E-state index in [2.05, 4.69) is 45.9 Å². The van der Waals surface area contributed by atoms with Crippen molar-refractivity contribution in [2.45, 2.75) is 12.5 Å². The maximum Gasteiger partial charge on any atom is 0.267 e. The normalized spacial score (nSPS) is 12.0. The van der Waals surface area contributed by atoms with Gasteiger partial charge in [-0.05, 0) is 12.5 Å². The van der Waals surface area contributed by atoms with E-state index >= 15 is 0 Å². The van der Waals surface area contributed by atoms with Gasteiger partial charge in [0.05, 0.1) is 0 Å². The van der Waals surface area contributed by atoms with Crippen LogP contribution in [0.15, 0.2) is 0 Å². The van der Waals surface area contributed by atoms with E-state index in [1.807, 2.05) is 0 Å². The first kappa shape index (κ1) is 12.6. The first-order valence-corrected chi connectivity index (χ1v) is 12.2. The number of hydrogen-bond donors (Lipinski definition) is 0. The molecule has 0 N–H and O–H groups in total. The Hall–Kier alpha value is 1.58. The minimum Gasteiger partial charge on any atom is -0.359 e.